The Hall–Kier alpha value is -3.32. The van der Waals surface area contributed by atoms with Gasteiger partial charge in [0.2, 0.25) is 5.88 Å². The van der Waals surface area contributed by atoms with Crippen LogP contribution in [0.3, 0.4) is 0 Å². The molecule has 1 fully saturated rings. The van der Waals surface area contributed by atoms with Gasteiger partial charge in [0.25, 0.3) is 15.9 Å². The number of benzene rings is 1. The third-order valence-electron chi connectivity index (χ3n) is 6.39. The monoisotopic (exact) mass is 543 g/mol. The Labute approximate surface area is 222 Å². The van der Waals surface area contributed by atoms with Gasteiger partial charge in [0.1, 0.15) is 0 Å². The van der Waals surface area contributed by atoms with Gasteiger partial charge in [-0.3, -0.25) is 4.79 Å². The molecule has 3 aromatic rings. The second kappa shape index (κ2) is 12.5. The minimum atomic E-state index is -4.03. The maximum atomic E-state index is 13.5. The maximum absolute atomic E-state index is 13.5. The van der Waals surface area contributed by atoms with E-state index in [9.17, 15) is 18.3 Å². The summed E-state index contributed by atoms with van der Waals surface area (Å²) in [6.07, 6.45) is 4.62. The number of amides is 1. The van der Waals surface area contributed by atoms with Crippen LogP contribution in [0.1, 0.15) is 28.8 Å². The van der Waals surface area contributed by atoms with Crippen LogP contribution in [0.15, 0.2) is 66.2 Å². The number of imidazole rings is 1. The molecule has 1 saturated heterocycles. The number of rotatable bonds is 12. The number of hydrogen-bond donors (Lipinski definition) is 2. The Morgan fingerprint density at radius 1 is 1.29 bits per heavy atom. The van der Waals surface area contributed by atoms with Gasteiger partial charge in [0.05, 0.1) is 31.7 Å². The number of aliphatic hydroxyl groups is 1. The predicted octanol–water partition coefficient (Wildman–Crippen LogP) is 1.40. The van der Waals surface area contributed by atoms with Gasteiger partial charge in [-0.2, -0.15) is 4.31 Å². The topological polar surface area (TPSA) is 136 Å². The summed E-state index contributed by atoms with van der Waals surface area (Å²) < 4.78 is 40.7. The lowest BCUT2D eigenvalue weighted by Crippen LogP contribution is -2.51. The number of nitrogens with zero attached hydrogens (tertiary/aromatic N) is 4. The van der Waals surface area contributed by atoms with E-state index in [0.717, 1.165) is 18.4 Å². The zero-order valence-corrected chi connectivity index (χ0v) is 22.3. The summed E-state index contributed by atoms with van der Waals surface area (Å²) in [5.74, 6) is -0.161. The van der Waals surface area contributed by atoms with Crippen molar-refractivity contribution in [2.45, 2.75) is 42.5 Å². The lowest BCUT2D eigenvalue weighted by atomic mass is 10.0. The molecule has 38 heavy (non-hydrogen) atoms. The number of methoxy groups -OCH3 is 1. The predicted molar refractivity (Wildman–Crippen MR) is 139 cm³/mol. The number of aromatic nitrogens is 3. The van der Waals surface area contributed by atoms with Gasteiger partial charge < -0.3 is 24.5 Å². The Balaban J connectivity index is 1.59. The van der Waals surface area contributed by atoms with E-state index < -0.39 is 28.1 Å². The SMILES string of the molecule is COc1cc(C(=O)N[C@@H](Cc2ccccc2)[C@H](O)CN(C[C@H]2CCCO2)S(=O)(=O)c2cn(C)cn2)ccn1. The number of aryl methyl sites for hydroxylation is 1. The van der Waals surface area contributed by atoms with Crippen molar-refractivity contribution in [3.63, 3.8) is 0 Å². The number of aliphatic hydroxyl groups excluding tert-OH is 1. The van der Waals surface area contributed by atoms with Gasteiger partial charge in [-0.15, -0.1) is 0 Å². The zero-order chi connectivity index (χ0) is 27.1. The average Bonchev–Trinajstić information content (AvgIpc) is 3.60. The van der Waals surface area contributed by atoms with E-state index in [1.54, 1.807) is 17.7 Å². The van der Waals surface area contributed by atoms with Crippen LogP contribution in [0.25, 0.3) is 0 Å². The van der Waals surface area contributed by atoms with Crippen molar-refractivity contribution in [3.8, 4) is 5.88 Å². The Morgan fingerprint density at radius 3 is 2.74 bits per heavy atom. The van der Waals surface area contributed by atoms with Gasteiger partial charge in [-0.1, -0.05) is 30.3 Å². The first-order valence-electron chi connectivity index (χ1n) is 12.4. The van der Waals surface area contributed by atoms with Crippen LogP contribution in [-0.2, 0) is 28.2 Å². The van der Waals surface area contributed by atoms with E-state index >= 15 is 0 Å². The summed E-state index contributed by atoms with van der Waals surface area (Å²) >= 11 is 0. The van der Waals surface area contributed by atoms with E-state index in [1.165, 1.54) is 36.2 Å². The molecule has 1 amide bonds. The molecule has 4 rings (SSSR count). The minimum Gasteiger partial charge on any atom is -0.481 e. The van der Waals surface area contributed by atoms with Gasteiger partial charge in [0.15, 0.2) is 5.03 Å². The molecule has 0 aliphatic carbocycles. The van der Waals surface area contributed by atoms with Crippen molar-refractivity contribution < 1.29 is 27.8 Å². The normalized spacial score (nSPS) is 17.3. The zero-order valence-electron chi connectivity index (χ0n) is 21.4. The van der Waals surface area contributed by atoms with Crippen LogP contribution in [-0.4, -0.2) is 83.3 Å². The largest absolute Gasteiger partial charge is 0.481 e. The third kappa shape index (κ3) is 6.95. The number of hydrogen-bond acceptors (Lipinski definition) is 8. The molecule has 0 saturated carbocycles. The smallest absolute Gasteiger partial charge is 0.262 e. The molecule has 3 atom stereocenters. The van der Waals surface area contributed by atoms with Crippen molar-refractivity contribution in [2.24, 2.45) is 7.05 Å². The van der Waals surface area contributed by atoms with Crippen LogP contribution >= 0.6 is 0 Å². The first-order valence-corrected chi connectivity index (χ1v) is 13.8. The summed E-state index contributed by atoms with van der Waals surface area (Å²) in [5.41, 5.74) is 1.18. The van der Waals surface area contributed by atoms with Gasteiger partial charge in [-0.05, 0) is 30.9 Å². The first-order chi connectivity index (χ1) is 18.3. The molecule has 1 aromatic carbocycles. The van der Waals surface area contributed by atoms with Crippen LogP contribution < -0.4 is 10.1 Å². The Kier molecular flexibility index (Phi) is 9.10. The highest BCUT2D eigenvalue weighted by Crippen LogP contribution is 2.21. The van der Waals surface area contributed by atoms with Crippen molar-refractivity contribution in [3.05, 3.63) is 72.3 Å². The standard InChI is InChI=1S/C26H33N5O6S/c1-30-17-25(28-18-30)38(34,35)31(15-21-9-6-12-37-21)16-23(32)22(13-19-7-4-3-5-8-19)29-26(33)20-10-11-27-24(14-20)36-2/h3-5,7-8,10-11,14,17-18,21-23,32H,6,9,12-13,15-16H2,1-2H3,(H,29,33)/t21-,22+,23-/m1/s1. The number of pyridine rings is 1. The lowest BCUT2D eigenvalue weighted by molar-refractivity contribution is 0.0625. The number of sulfonamides is 1. The highest BCUT2D eigenvalue weighted by atomic mass is 32.2. The van der Waals surface area contributed by atoms with Gasteiger partial charge >= 0.3 is 0 Å². The molecule has 0 bridgehead atoms. The second-order valence-corrected chi connectivity index (χ2v) is 11.1. The fraction of sp³-hybridized carbons (Fsp3) is 0.423. The molecule has 0 unspecified atom stereocenters. The molecule has 0 radical (unpaired) electrons. The molecule has 3 heterocycles. The molecule has 11 nitrogen and oxygen atoms in total. The van der Waals surface area contributed by atoms with E-state index in [2.05, 4.69) is 15.3 Å². The average molecular weight is 544 g/mol. The van der Waals surface area contributed by atoms with Crippen LogP contribution in [0.5, 0.6) is 5.88 Å². The number of carbonyl (C=O) groups excluding carboxylic acids is 1. The summed E-state index contributed by atoms with van der Waals surface area (Å²) in [5, 5.41) is 14.2. The van der Waals surface area contributed by atoms with Crippen LogP contribution in [0.4, 0.5) is 0 Å². The fourth-order valence-electron chi connectivity index (χ4n) is 4.34. The van der Waals surface area contributed by atoms with Crippen LogP contribution in [0.2, 0.25) is 0 Å². The summed E-state index contributed by atoms with van der Waals surface area (Å²) in [6.45, 7) is 0.381. The van der Waals surface area contributed by atoms with Crippen molar-refractivity contribution in [2.75, 3.05) is 26.8 Å². The molecular weight excluding hydrogens is 510 g/mol. The van der Waals surface area contributed by atoms with Crippen LogP contribution in [0, 0.1) is 0 Å². The highest BCUT2D eigenvalue weighted by molar-refractivity contribution is 7.89. The van der Waals surface area contributed by atoms with E-state index in [4.69, 9.17) is 9.47 Å². The fourth-order valence-corrected chi connectivity index (χ4v) is 5.80. The molecule has 1 aliphatic heterocycles. The number of nitrogens with one attached hydrogen (secondary N) is 1. The minimum absolute atomic E-state index is 0.0729. The molecular formula is C26H33N5O6S. The maximum Gasteiger partial charge on any atom is 0.262 e. The molecule has 204 valence electrons. The van der Waals surface area contributed by atoms with Gasteiger partial charge in [0, 0.05) is 50.8 Å². The molecule has 2 aromatic heterocycles. The van der Waals surface area contributed by atoms with Crippen molar-refractivity contribution in [1.29, 1.82) is 0 Å². The van der Waals surface area contributed by atoms with E-state index in [1.807, 2.05) is 30.3 Å². The van der Waals surface area contributed by atoms with Gasteiger partial charge in [-0.25, -0.2) is 18.4 Å². The Bertz CT molecular complexity index is 1310. The number of ether oxygens (including phenoxy) is 2. The second-order valence-electron chi connectivity index (χ2n) is 9.26. The molecule has 1 aliphatic rings. The molecule has 2 N–H and O–H groups in total. The lowest BCUT2D eigenvalue weighted by Gasteiger charge is -2.30. The third-order valence-corrected chi connectivity index (χ3v) is 8.11. The molecule has 12 heteroatoms. The highest BCUT2D eigenvalue weighted by Gasteiger charge is 2.34. The summed E-state index contributed by atoms with van der Waals surface area (Å²) in [4.78, 5) is 21.2. The number of carbonyl (C=O) groups is 1. The molecule has 0 spiro atoms. The summed E-state index contributed by atoms with van der Waals surface area (Å²) in [6, 6.07) is 11.6. The Morgan fingerprint density at radius 2 is 2.08 bits per heavy atom. The quantitative estimate of drug-likeness (QED) is 0.350. The summed E-state index contributed by atoms with van der Waals surface area (Å²) in [7, 11) is -0.895. The van der Waals surface area contributed by atoms with E-state index in [-0.39, 0.29) is 36.5 Å². The van der Waals surface area contributed by atoms with E-state index in [0.29, 0.717) is 12.2 Å². The van der Waals surface area contributed by atoms with Crippen molar-refractivity contribution in [1.82, 2.24) is 24.2 Å². The first kappa shape index (κ1) is 27.7. The van der Waals surface area contributed by atoms with Crippen molar-refractivity contribution >= 4 is 15.9 Å².